The summed E-state index contributed by atoms with van der Waals surface area (Å²) in [6.07, 6.45) is 2.44. The van der Waals surface area contributed by atoms with E-state index >= 15 is 0 Å². The van der Waals surface area contributed by atoms with Crippen LogP contribution in [0.1, 0.15) is 61.4 Å². The van der Waals surface area contributed by atoms with Gasteiger partial charge in [-0.2, -0.15) is 0 Å². The Morgan fingerprint density at radius 1 is 1.18 bits per heavy atom. The summed E-state index contributed by atoms with van der Waals surface area (Å²) in [6.45, 7) is 9.69. The number of aromatic nitrogens is 2. The van der Waals surface area contributed by atoms with Gasteiger partial charge in [0.2, 0.25) is 11.5 Å². The van der Waals surface area contributed by atoms with Gasteiger partial charge in [-0.15, -0.1) is 0 Å². The van der Waals surface area contributed by atoms with Crippen molar-refractivity contribution in [3.8, 4) is 11.5 Å². The maximum absolute atomic E-state index is 13.6. The molecule has 0 saturated carbocycles. The SMILES string of the molecule is CC(=C(CCO)SC(=O)c1ccc(C(C)(C)C)cc1Oc1ccccc1)N(C=O)Cc1cnc(C)nc1N. The van der Waals surface area contributed by atoms with Crippen LogP contribution in [0, 0.1) is 6.92 Å². The molecule has 0 saturated heterocycles. The Morgan fingerprint density at radius 2 is 1.89 bits per heavy atom. The van der Waals surface area contributed by atoms with Gasteiger partial charge in [0.25, 0.3) is 0 Å². The van der Waals surface area contributed by atoms with E-state index < -0.39 is 0 Å². The van der Waals surface area contributed by atoms with Gasteiger partial charge in [0.1, 0.15) is 23.1 Å². The molecule has 0 aliphatic heterocycles. The van der Waals surface area contributed by atoms with Crippen LogP contribution < -0.4 is 10.5 Å². The maximum atomic E-state index is 13.6. The van der Waals surface area contributed by atoms with Gasteiger partial charge in [0.15, 0.2) is 0 Å². The summed E-state index contributed by atoms with van der Waals surface area (Å²) in [7, 11) is 0. The van der Waals surface area contributed by atoms with Crippen molar-refractivity contribution in [2.45, 2.75) is 53.0 Å². The highest BCUT2D eigenvalue weighted by Crippen LogP contribution is 2.36. The predicted molar refractivity (Wildman–Crippen MR) is 151 cm³/mol. The lowest BCUT2D eigenvalue weighted by Gasteiger charge is -2.23. The molecular formula is C29H34N4O4S. The molecule has 3 aromatic rings. The number of carbonyl (C=O) groups is 2. The average Bonchev–Trinajstić information content (AvgIpc) is 2.87. The number of aliphatic hydroxyl groups is 1. The Kier molecular flexibility index (Phi) is 9.66. The van der Waals surface area contributed by atoms with Crippen molar-refractivity contribution >= 4 is 29.1 Å². The van der Waals surface area contributed by atoms with Gasteiger partial charge in [-0.1, -0.05) is 45.0 Å². The first-order valence-electron chi connectivity index (χ1n) is 12.2. The molecule has 3 N–H and O–H groups in total. The van der Waals surface area contributed by atoms with Crippen LogP contribution in [0.15, 0.2) is 65.3 Å². The van der Waals surface area contributed by atoms with E-state index in [-0.39, 0.29) is 35.9 Å². The Labute approximate surface area is 227 Å². The number of thioether (sulfide) groups is 1. The Balaban J connectivity index is 1.95. The van der Waals surface area contributed by atoms with E-state index in [4.69, 9.17) is 10.5 Å². The molecule has 8 nitrogen and oxygen atoms in total. The fraction of sp³-hybridized carbons (Fsp3) is 0.310. The fourth-order valence-electron chi connectivity index (χ4n) is 3.64. The maximum Gasteiger partial charge on any atom is 0.227 e. The number of carbonyl (C=O) groups excluding carboxylic acids is 2. The molecule has 0 atom stereocenters. The van der Waals surface area contributed by atoms with Gasteiger partial charge in [-0.3, -0.25) is 9.59 Å². The van der Waals surface area contributed by atoms with Gasteiger partial charge < -0.3 is 20.5 Å². The highest BCUT2D eigenvalue weighted by Gasteiger charge is 2.23. The summed E-state index contributed by atoms with van der Waals surface area (Å²) >= 11 is 0.967. The Hall–Kier alpha value is -3.69. The summed E-state index contributed by atoms with van der Waals surface area (Å²) in [6, 6.07) is 14.9. The van der Waals surface area contributed by atoms with E-state index in [1.165, 1.54) is 4.90 Å². The molecule has 9 heteroatoms. The largest absolute Gasteiger partial charge is 0.457 e. The van der Waals surface area contributed by atoms with Crippen molar-refractivity contribution in [1.82, 2.24) is 14.9 Å². The minimum absolute atomic E-state index is 0.133. The van der Waals surface area contributed by atoms with Gasteiger partial charge in [0.05, 0.1) is 12.1 Å². The van der Waals surface area contributed by atoms with Crippen LogP contribution >= 0.6 is 11.8 Å². The zero-order valence-electron chi connectivity index (χ0n) is 22.4. The van der Waals surface area contributed by atoms with Crippen molar-refractivity contribution in [3.05, 3.63) is 87.8 Å². The molecule has 0 fully saturated rings. The van der Waals surface area contributed by atoms with Crippen LogP contribution in [0.2, 0.25) is 0 Å². The van der Waals surface area contributed by atoms with E-state index in [2.05, 4.69) is 30.7 Å². The highest BCUT2D eigenvalue weighted by molar-refractivity contribution is 8.17. The standard InChI is InChI=1S/C29H34N4O4S/c1-19(33(18-35)17-21-16-31-20(2)32-27(21)30)26(13-14-34)38-28(36)24-12-11-22(29(3,4)5)15-25(24)37-23-9-7-6-8-10-23/h6-12,15-16,18,34H,13-14,17H2,1-5H3,(H2,30,31,32). The average molecular weight is 535 g/mol. The Morgan fingerprint density at radius 3 is 2.50 bits per heavy atom. The summed E-state index contributed by atoms with van der Waals surface area (Å²) in [5, 5.41) is 9.47. The first-order chi connectivity index (χ1) is 18.0. The van der Waals surface area contributed by atoms with Crippen LogP contribution in [0.25, 0.3) is 0 Å². The van der Waals surface area contributed by atoms with Crippen molar-refractivity contribution in [3.63, 3.8) is 0 Å². The Bertz CT molecular complexity index is 1320. The second-order valence-electron chi connectivity index (χ2n) is 9.81. The number of nitrogens with two attached hydrogens (primary N) is 1. The van der Waals surface area contributed by atoms with Crippen LogP contribution in [-0.2, 0) is 16.8 Å². The number of para-hydroxylation sites is 1. The van der Waals surface area contributed by atoms with Crippen molar-refractivity contribution in [2.24, 2.45) is 0 Å². The second-order valence-corrected chi connectivity index (χ2v) is 10.9. The second kappa shape index (κ2) is 12.7. The summed E-state index contributed by atoms with van der Waals surface area (Å²) in [4.78, 5) is 35.9. The molecule has 0 aliphatic carbocycles. The van der Waals surface area contributed by atoms with Crippen molar-refractivity contribution in [1.29, 1.82) is 0 Å². The lowest BCUT2D eigenvalue weighted by Crippen LogP contribution is -2.22. The number of aryl methyl sites for hydroxylation is 1. The number of benzene rings is 2. The molecule has 3 rings (SSSR count). The van der Waals surface area contributed by atoms with E-state index in [9.17, 15) is 14.7 Å². The minimum Gasteiger partial charge on any atom is -0.457 e. The quantitative estimate of drug-likeness (QED) is 0.323. The third-order valence-electron chi connectivity index (χ3n) is 5.91. The summed E-state index contributed by atoms with van der Waals surface area (Å²) in [5.41, 5.74) is 8.40. The fourth-order valence-corrected chi connectivity index (χ4v) is 4.61. The van der Waals surface area contributed by atoms with E-state index in [0.717, 1.165) is 17.3 Å². The molecule has 1 heterocycles. The molecule has 2 aromatic carbocycles. The molecule has 0 aliphatic rings. The summed E-state index contributed by atoms with van der Waals surface area (Å²) < 4.78 is 6.14. The van der Waals surface area contributed by atoms with Crippen molar-refractivity contribution in [2.75, 3.05) is 12.3 Å². The number of nitrogen functional groups attached to an aromatic ring is 1. The molecule has 38 heavy (non-hydrogen) atoms. The zero-order chi connectivity index (χ0) is 27.9. The topological polar surface area (TPSA) is 119 Å². The smallest absolute Gasteiger partial charge is 0.227 e. The van der Waals surface area contributed by atoms with Gasteiger partial charge >= 0.3 is 0 Å². The first kappa shape index (κ1) is 28.9. The number of rotatable bonds is 10. The number of nitrogens with zero attached hydrogens (tertiary/aromatic N) is 3. The molecular weight excluding hydrogens is 500 g/mol. The van der Waals surface area contributed by atoms with Crippen LogP contribution in [0.3, 0.4) is 0 Å². The number of aliphatic hydroxyl groups excluding tert-OH is 1. The molecule has 1 aromatic heterocycles. The predicted octanol–water partition coefficient (Wildman–Crippen LogP) is 5.60. The number of allylic oxidation sites excluding steroid dienone is 1. The highest BCUT2D eigenvalue weighted by atomic mass is 32.2. The van der Waals surface area contributed by atoms with Gasteiger partial charge in [0, 0.05) is 35.4 Å². The third-order valence-corrected chi connectivity index (χ3v) is 7.07. The minimum atomic E-state index is -0.261. The number of anilines is 1. The molecule has 1 amide bonds. The first-order valence-corrected chi connectivity index (χ1v) is 13.0. The van der Waals surface area contributed by atoms with E-state index in [1.54, 1.807) is 26.1 Å². The molecule has 0 bridgehead atoms. The number of ether oxygens (including phenoxy) is 1. The molecule has 0 radical (unpaired) electrons. The lowest BCUT2D eigenvalue weighted by atomic mass is 9.86. The third kappa shape index (κ3) is 7.43. The molecule has 0 unspecified atom stereocenters. The van der Waals surface area contributed by atoms with Gasteiger partial charge in [-0.05, 0) is 60.9 Å². The summed E-state index contributed by atoms with van der Waals surface area (Å²) in [5.74, 6) is 1.87. The van der Waals surface area contributed by atoms with E-state index in [1.807, 2.05) is 42.5 Å². The van der Waals surface area contributed by atoms with Gasteiger partial charge in [-0.25, -0.2) is 9.97 Å². The van der Waals surface area contributed by atoms with Crippen molar-refractivity contribution < 1.29 is 19.4 Å². The monoisotopic (exact) mass is 534 g/mol. The van der Waals surface area contributed by atoms with Crippen LogP contribution in [-0.4, -0.2) is 38.1 Å². The normalized spacial score (nSPS) is 12.1. The van der Waals surface area contributed by atoms with Crippen LogP contribution in [0.5, 0.6) is 11.5 Å². The zero-order valence-corrected chi connectivity index (χ0v) is 23.2. The number of amides is 1. The lowest BCUT2D eigenvalue weighted by molar-refractivity contribution is -0.116. The van der Waals surface area contributed by atoms with E-state index in [0.29, 0.717) is 45.5 Å². The number of hydrogen-bond donors (Lipinski definition) is 2. The van der Waals surface area contributed by atoms with Crippen LogP contribution in [0.4, 0.5) is 5.82 Å². The number of hydrogen-bond acceptors (Lipinski definition) is 8. The molecule has 200 valence electrons. The molecule has 0 spiro atoms.